The Kier molecular flexibility index (Phi) is 11.8. The predicted octanol–water partition coefficient (Wildman–Crippen LogP) is 17.6. The van der Waals surface area contributed by atoms with Gasteiger partial charge in [0.15, 0.2) is 0 Å². The van der Waals surface area contributed by atoms with Crippen LogP contribution in [0.4, 0.5) is 22.7 Å². The van der Waals surface area contributed by atoms with Crippen LogP contribution in [0, 0.1) is 18.8 Å². The molecule has 6 nitrogen and oxygen atoms in total. The van der Waals surface area contributed by atoms with Gasteiger partial charge in [0.2, 0.25) is 0 Å². The summed E-state index contributed by atoms with van der Waals surface area (Å²) >= 11 is 0. The van der Waals surface area contributed by atoms with Crippen molar-refractivity contribution in [2.24, 2.45) is 0 Å². The molecule has 0 amide bonds. The molecule has 3 aromatic heterocycles. The fraction of sp³-hybridized carbons (Fsp3) is 0.182. The van der Waals surface area contributed by atoms with Crippen molar-refractivity contribution in [1.29, 1.82) is 0 Å². The minimum atomic E-state index is -0.0703. The van der Waals surface area contributed by atoms with Crippen LogP contribution in [0.15, 0.2) is 182 Å². The zero-order chi connectivity index (χ0) is 49.7. The molecule has 0 aliphatic carbocycles. The van der Waals surface area contributed by atoms with E-state index in [4.69, 9.17) is 9.72 Å². The number of para-hydroxylation sites is 4. The molecule has 366 valence electrons. The van der Waals surface area contributed by atoms with E-state index in [0.29, 0.717) is 11.5 Å². The zero-order valence-corrected chi connectivity index (χ0v) is 45.1. The van der Waals surface area contributed by atoms with Gasteiger partial charge in [-0.25, -0.2) is 4.98 Å². The summed E-state index contributed by atoms with van der Waals surface area (Å²) in [5, 5.41) is 4.63. The first-order valence-corrected chi connectivity index (χ1v) is 25.0. The van der Waals surface area contributed by atoms with Gasteiger partial charge in [-0.1, -0.05) is 153 Å². The molecule has 11 aromatic rings. The fourth-order valence-corrected chi connectivity index (χ4v) is 10.4. The SMILES string of the molecule is CC(C)(C)c1cc(-c2cccc3c2N(c2ccccc2)[CH-]N3c2[c-]c(Oc3[c-]c4c(cc3)c3cc(-n5c6ccccc6c6ccccc65)ccc3n4-c3cc(C(C)(C)C)ccn3)ccc2)cc(C(C)(C)C)c1.[Pt]. The van der Waals surface area contributed by atoms with Crippen LogP contribution in [0.2, 0.25) is 0 Å². The Morgan fingerprint density at radius 2 is 1.10 bits per heavy atom. The van der Waals surface area contributed by atoms with E-state index in [0.717, 1.165) is 56.1 Å². The number of anilines is 4. The van der Waals surface area contributed by atoms with E-state index in [1.807, 2.05) is 24.4 Å². The Morgan fingerprint density at radius 3 is 1.78 bits per heavy atom. The van der Waals surface area contributed by atoms with Crippen molar-refractivity contribution in [3.8, 4) is 34.1 Å². The third kappa shape index (κ3) is 8.50. The van der Waals surface area contributed by atoms with Gasteiger partial charge in [0.25, 0.3) is 0 Å². The predicted molar refractivity (Wildman–Crippen MR) is 300 cm³/mol. The first-order valence-electron chi connectivity index (χ1n) is 25.0. The average Bonchev–Trinajstić information content (AvgIpc) is 4.04. The standard InChI is InChI=1S/C66H58N5O.Pt/c1-64(2,3)44-33-34-67-62(38-44)71-59-32-29-49(70-57-26-15-13-23-53(57)54-24-14-16-27-58(54)70)40-56(59)55-31-30-51(41-61(55)71)72-50-22-17-21-48(39-50)68-42-69(47-19-11-10-12-20-47)63-52(25-18-28-60(63)68)43-35-45(65(4,5)6)37-46(36-43)66(7,8)9;/h10-38,40,42H,1-9H3;/q-3;. The minimum absolute atomic E-state index is 0. The molecule has 7 heteroatoms. The van der Waals surface area contributed by atoms with Crippen molar-refractivity contribution in [2.45, 2.75) is 78.6 Å². The Balaban J connectivity index is 0.00000574. The van der Waals surface area contributed by atoms with Gasteiger partial charge in [-0.15, -0.1) is 48.1 Å². The molecule has 8 aromatic carbocycles. The van der Waals surface area contributed by atoms with Crippen molar-refractivity contribution in [1.82, 2.24) is 14.1 Å². The van der Waals surface area contributed by atoms with E-state index in [-0.39, 0.29) is 37.3 Å². The van der Waals surface area contributed by atoms with Crippen LogP contribution in [0.25, 0.3) is 66.2 Å². The first-order chi connectivity index (χ1) is 34.6. The van der Waals surface area contributed by atoms with Crippen molar-refractivity contribution >= 4 is 66.4 Å². The molecule has 0 saturated carbocycles. The van der Waals surface area contributed by atoms with Crippen LogP contribution in [0.3, 0.4) is 0 Å². The quantitative estimate of drug-likeness (QED) is 0.149. The molecule has 1 aliphatic heterocycles. The molecule has 0 N–H and O–H groups in total. The summed E-state index contributed by atoms with van der Waals surface area (Å²) in [6, 6.07) is 70.5. The molecular weight excluding hydrogens is 1070 g/mol. The minimum Gasteiger partial charge on any atom is -0.509 e. The van der Waals surface area contributed by atoms with Crippen LogP contribution in [-0.4, -0.2) is 14.1 Å². The maximum absolute atomic E-state index is 6.81. The van der Waals surface area contributed by atoms with E-state index in [1.54, 1.807) is 0 Å². The van der Waals surface area contributed by atoms with E-state index >= 15 is 0 Å². The maximum Gasteiger partial charge on any atom is 0.135 e. The largest absolute Gasteiger partial charge is 0.509 e. The van der Waals surface area contributed by atoms with Gasteiger partial charge < -0.3 is 23.7 Å². The number of nitrogens with zero attached hydrogens (tertiary/aromatic N) is 5. The molecule has 0 unspecified atom stereocenters. The Bertz CT molecular complexity index is 3820. The maximum atomic E-state index is 6.81. The second-order valence-corrected chi connectivity index (χ2v) is 22.3. The number of hydrogen-bond donors (Lipinski definition) is 0. The van der Waals surface area contributed by atoms with Gasteiger partial charge in [-0.2, -0.15) is 12.1 Å². The van der Waals surface area contributed by atoms with Gasteiger partial charge in [0.1, 0.15) is 5.82 Å². The second kappa shape index (κ2) is 18.0. The summed E-state index contributed by atoms with van der Waals surface area (Å²) in [6.45, 7) is 22.7. The molecule has 12 rings (SSSR count). The van der Waals surface area contributed by atoms with E-state index in [1.165, 1.54) is 49.6 Å². The van der Waals surface area contributed by atoms with Crippen molar-refractivity contribution in [3.63, 3.8) is 0 Å². The summed E-state index contributed by atoms with van der Waals surface area (Å²) in [5.41, 5.74) is 15.6. The van der Waals surface area contributed by atoms with Gasteiger partial charge in [0.05, 0.1) is 11.0 Å². The van der Waals surface area contributed by atoms with Gasteiger partial charge >= 0.3 is 0 Å². The molecule has 0 spiro atoms. The van der Waals surface area contributed by atoms with Crippen molar-refractivity contribution in [2.75, 3.05) is 9.80 Å². The summed E-state index contributed by atoms with van der Waals surface area (Å²) in [5.74, 6) is 2.01. The molecule has 0 radical (unpaired) electrons. The van der Waals surface area contributed by atoms with E-state index < -0.39 is 0 Å². The molecule has 4 heterocycles. The van der Waals surface area contributed by atoms with Crippen molar-refractivity contribution in [3.05, 3.63) is 218 Å². The molecule has 1 aliphatic rings. The number of aromatic nitrogens is 3. The van der Waals surface area contributed by atoms with E-state index in [9.17, 15) is 0 Å². The summed E-state index contributed by atoms with van der Waals surface area (Å²) in [6.07, 6.45) is 1.92. The number of fused-ring (bicyclic) bond motifs is 7. The molecular formula is C66H58N5OPt-3. The molecule has 0 atom stereocenters. The van der Waals surface area contributed by atoms with Crippen molar-refractivity contribution < 1.29 is 25.8 Å². The second-order valence-electron chi connectivity index (χ2n) is 22.3. The van der Waals surface area contributed by atoms with Crippen LogP contribution >= 0.6 is 0 Å². The number of pyridine rings is 1. The van der Waals surface area contributed by atoms with Gasteiger partial charge in [-0.3, -0.25) is 0 Å². The number of hydrogen-bond acceptors (Lipinski definition) is 4. The summed E-state index contributed by atoms with van der Waals surface area (Å²) in [7, 11) is 0. The van der Waals surface area contributed by atoms with Gasteiger partial charge in [-0.05, 0) is 105 Å². The monoisotopic (exact) mass is 1130 g/mol. The third-order valence-corrected chi connectivity index (χ3v) is 14.3. The Morgan fingerprint density at radius 1 is 0.466 bits per heavy atom. The number of ether oxygens (including phenoxy) is 1. The number of rotatable bonds is 7. The smallest absolute Gasteiger partial charge is 0.135 e. The Hall–Kier alpha value is -7.40. The number of benzene rings is 8. The normalized spacial score (nSPS) is 13.1. The molecule has 0 bridgehead atoms. The van der Waals surface area contributed by atoms with Crippen LogP contribution in [0.1, 0.15) is 79.0 Å². The third-order valence-electron chi connectivity index (χ3n) is 14.3. The first kappa shape index (κ1) is 47.9. The zero-order valence-electron chi connectivity index (χ0n) is 42.9. The molecule has 0 saturated heterocycles. The van der Waals surface area contributed by atoms with Crippen LogP contribution in [-0.2, 0) is 37.3 Å². The fourth-order valence-electron chi connectivity index (χ4n) is 10.4. The van der Waals surface area contributed by atoms with E-state index in [2.05, 4.69) is 258 Å². The topological polar surface area (TPSA) is 38.5 Å². The summed E-state index contributed by atoms with van der Waals surface area (Å²) < 4.78 is 11.4. The van der Waals surface area contributed by atoms with Crippen LogP contribution < -0.4 is 14.5 Å². The molecule has 0 fully saturated rings. The summed E-state index contributed by atoms with van der Waals surface area (Å²) in [4.78, 5) is 9.53. The van der Waals surface area contributed by atoms with Crippen LogP contribution in [0.5, 0.6) is 11.5 Å². The Labute approximate surface area is 443 Å². The molecule has 73 heavy (non-hydrogen) atoms. The van der Waals surface area contributed by atoms with Gasteiger partial charge in [0, 0.05) is 83.4 Å². The average molecular weight is 1130 g/mol.